The van der Waals surface area contributed by atoms with Crippen molar-refractivity contribution in [1.29, 1.82) is 0 Å². The van der Waals surface area contributed by atoms with Crippen molar-refractivity contribution in [3.63, 3.8) is 0 Å². The third-order valence-corrected chi connectivity index (χ3v) is 3.62. The third kappa shape index (κ3) is 15.4. The summed E-state index contributed by atoms with van der Waals surface area (Å²) in [5.74, 6) is -0.751. The van der Waals surface area contributed by atoms with Crippen LogP contribution in [0.25, 0.3) is 0 Å². The maximum absolute atomic E-state index is 10.3. The standard InChI is InChI=1S/C16H32O4/c17-14-10-6-4-2-1-3-5-7-11-15(18)12-8-9-13-16(19)20/h15,17-18H,1-14H2,(H,19,20). The van der Waals surface area contributed by atoms with Gasteiger partial charge in [0, 0.05) is 13.0 Å². The molecule has 0 aromatic rings. The zero-order valence-electron chi connectivity index (χ0n) is 12.7. The molecule has 0 spiro atoms. The molecule has 120 valence electrons. The Morgan fingerprint density at radius 1 is 0.750 bits per heavy atom. The van der Waals surface area contributed by atoms with Crippen molar-refractivity contribution < 1.29 is 20.1 Å². The molecule has 1 atom stereocenters. The van der Waals surface area contributed by atoms with Crippen LogP contribution >= 0.6 is 0 Å². The molecule has 0 saturated heterocycles. The van der Waals surface area contributed by atoms with Gasteiger partial charge in [-0.05, 0) is 25.7 Å². The van der Waals surface area contributed by atoms with Gasteiger partial charge in [-0.25, -0.2) is 0 Å². The van der Waals surface area contributed by atoms with E-state index in [1.165, 1.54) is 32.1 Å². The Hall–Kier alpha value is -0.610. The molecule has 0 bridgehead atoms. The fraction of sp³-hybridized carbons (Fsp3) is 0.938. The topological polar surface area (TPSA) is 77.8 Å². The van der Waals surface area contributed by atoms with Crippen molar-refractivity contribution in [2.75, 3.05) is 6.61 Å². The van der Waals surface area contributed by atoms with E-state index in [-0.39, 0.29) is 12.5 Å². The predicted octanol–water partition coefficient (Wildman–Crippen LogP) is 3.50. The number of aliphatic hydroxyl groups excluding tert-OH is 2. The number of aliphatic carboxylic acids is 1. The number of aliphatic hydroxyl groups is 2. The van der Waals surface area contributed by atoms with Crippen LogP contribution in [0.5, 0.6) is 0 Å². The summed E-state index contributed by atoms with van der Waals surface area (Å²) in [5.41, 5.74) is 0. The number of hydrogen-bond donors (Lipinski definition) is 3. The smallest absolute Gasteiger partial charge is 0.303 e. The molecule has 4 heteroatoms. The predicted molar refractivity (Wildman–Crippen MR) is 80.7 cm³/mol. The molecule has 0 aliphatic heterocycles. The van der Waals surface area contributed by atoms with Crippen molar-refractivity contribution in [2.24, 2.45) is 0 Å². The summed E-state index contributed by atoms with van der Waals surface area (Å²) in [6, 6.07) is 0. The van der Waals surface area contributed by atoms with Gasteiger partial charge in [0.15, 0.2) is 0 Å². The van der Waals surface area contributed by atoms with E-state index in [4.69, 9.17) is 10.2 Å². The number of carboxylic acid groups (broad SMARTS) is 1. The van der Waals surface area contributed by atoms with Crippen LogP contribution in [0.2, 0.25) is 0 Å². The largest absolute Gasteiger partial charge is 0.481 e. The average Bonchev–Trinajstić information content (AvgIpc) is 2.41. The molecule has 0 rings (SSSR count). The van der Waals surface area contributed by atoms with Crippen LogP contribution in [-0.4, -0.2) is 34.0 Å². The van der Waals surface area contributed by atoms with Crippen molar-refractivity contribution >= 4 is 5.97 Å². The van der Waals surface area contributed by atoms with E-state index in [1.54, 1.807) is 0 Å². The molecule has 0 radical (unpaired) electrons. The molecule has 0 aliphatic rings. The Morgan fingerprint density at radius 2 is 1.20 bits per heavy atom. The minimum Gasteiger partial charge on any atom is -0.481 e. The summed E-state index contributed by atoms with van der Waals surface area (Å²) >= 11 is 0. The molecule has 3 N–H and O–H groups in total. The van der Waals surface area contributed by atoms with Gasteiger partial charge in [0.05, 0.1) is 6.10 Å². The first-order valence-corrected chi connectivity index (χ1v) is 8.17. The van der Waals surface area contributed by atoms with Gasteiger partial charge < -0.3 is 15.3 Å². The van der Waals surface area contributed by atoms with E-state index in [0.717, 1.165) is 38.5 Å². The first-order valence-electron chi connectivity index (χ1n) is 8.17. The lowest BCUT2D eigenvalue weighted by Crippen LogP contribution is -2.06. The molecule has 4 nitrogen and oxygen atoms in total. The van der Waals surface area contributed by atoms with Gasteiger partial charge in [-0.3, -0.25) is 4.79 Å². The molecule has 1 unspecified atom stereocenters. The summed E-state index contributed by atoms with van der Waals surface area (Å²) in [6.45, 7) is 0.310. The molecule has 0 saturated carbocycles. The molecular weight excluding hydrogens is 256 g/mol. The van der Waals surface area contributed by atoms with Crippen LogP contribution in [-0.2, 0) is 4.79 Å². The highest BCUT2D eigenvalue weighted by atomic mass is 16.4. The average molecular weight is 288 g/mol. The van der Waals surface area contributed by atoms with Gasteiger partial charge in [0.1, 0.15) is 0 Å². The van der Waals surface area contributed by atoms with Crippen LogP contribution < -0.4 is 0 Å². The van der Waals surface area contributed by atoms with Gasteiger partial charge in [-0.1, -0.05) is 51.4 Å². The maximum Gasteiger partial charge on any atom is 0.303 e. The van der Waals surface area contributed by atoms with Crippen LogP contribution in [0.1, 0.15) is 83.5 Å². The summed E-state index contributed by atoms with van der Waals surface area (Å²) in [5, 5.41) is 26.9. The second kappa shape index (κ2) is 14.8. The maximum atomic E-state index is 10.3. The van der Waals surface area contributed by atoms with Gasteiger partial charge >= 0.3 is 5.97 Å². The summed E-state index contributed by atoms with van der Waals surface area (Å²) < 4.78 is 0. The Bertz CT molecular complexity index is 219. The zero-order chi connectivity index (χ0) is 15.1. The lowest BCUT2D eigenvalue weighted by atomic mass is 10.0. The summed E-state index contributed by atoms with van der Waals surface area (Å²) in [4.78, 5) is 10.3. The molecule has 0 heterocycles. The minimum atomic E-state index is -0.751. The highest BCUT2D eigenvalue weighted by Gasteiger charge is 2.04. The van der Waals surface area contributed by atoms with Crippen LogP contribution in [0.3, 0.4) is 0 Å². The first kappa shape index (κ1) is 19.4. The van der Waals surface area contributed by atoms with Gasteiger partial charge in [-0.15, -0.1) is 0 Å². The van der Waals surface area contributed by atoms with E-state index >= 15 is 0 Å². The minimum absolute atomic E-state index is 0.211. The molecule has 0 aromatic carbocycles. The fourth-order valence-corrected chi connectivity index (χ4v) is 2.35. The molecular formula is C16H32O4. The molecule has 0 aromatic heterocycles. The molecule has 20 heavy (non-hydrogen) atoms. The number of unbranched alkanes of at least 4 members (excludes halogenated alkanes) is 8. The normalized spacial score (nSPS) is 12.5. The Labute approximate surface area is 123 Å². The van der Waals surface area contributed by atoms with Crippen molar-refractivity contribution in [3.05, 3.63) is 0 Å². The fourth-order valence-electron chi connectivity index (χ4n) is 2.35. The second-order valence-corrected chi connectivity index (χ2v) is 5.63. The van der Waals surface area contributed by atoms with E-state index < -0.39 is 5.97 Å². The molecule has 0 amide bonds. The van der Waals surface area contributed by atoms with Gasteiger partial charge in [0.25, 0.3) is 0 Å². The Kier molecular flexibility index (Phi) is 14.3. The van der Waals surface area contributed by atoms with E-state index in [9.17, 15) is 9.90 Å². The van der Waals surface area contributed by atoms with Crippen LogP contribution in [0.4, 0.5) is 0 Å². The van der Waals surface area contributed by atoms with Crippen molar-refractivity contribution in [3.8, 4) is 0 Å². The number of carbonyl (C=O) groups is 1. The van der Waals surface area contributed by atoms with E-state index in [1.807, 2.05) is 0 Å². The number of carboxylic acids is 1. The number of hydrogen-bond acceptors (Lipinski definition) is 3. The highest BCUT2D eigenvalue weighted by molar-refractivity contribution is 5.66. The van der Waals surface area contributed by atoms with Crippen LogP contribution in [0, 0.1) is 0 Å². The summed E-state index contributed by atoms with van der Waals surface area (Å²) in [7, 11) is 0. The molecule has 0 aliphatic carbocycles. The SMILES string of the molecule is O=C(O)CCCCC(O)CCCCCCCCCCO. The lowest BCUT2D eigenvalue weighted by molar-refractivity contribution is -0.137. The lowest BCUT2D eigenvalue weighted by Gasteiger charge is -2.09. The van der Waals surface area contributed by atoms with Crippen LogP contribution in [0.15, 0.2) is 0 Å². The van der Waals surface area contributed by atoms with E-state index in [0.29, 0.717) is 13.0 Å². The third-order valence-electron chi connectivity index (χ3n) is 3.62. The Morgan fingerprint density at radius 3 is 1.70 bits per heavy atom. The van der Waals surface area contributed by atoms with Gasteiger partial charge in [0.2, 0.25) is 0 Å². The quantitative estimate of drug-likeness (QED) is 0.403. The molecule has 0 fully saturated rings. The Balaban J connectivity index is 3.15. The second-order valence-electron chi connectivity index (χ2n) is 5.63. The zero-order valence-corrected chi connectivity index (χ0v) is 12.7. The van der Waals surface area contributed by atoms with E-state index in [2.05, 4.69) is 0 Å². The van der Waals surface area contributed by atoms with Gasteiger partial charge in [-0.2, -0.15) is 0 Å². The number of rotatable bonds is 15. The highest BCUT2D eigenvalue weighted by Crippen LogP contribution is 2.13. The first-order chi connectivity index (χ1) is 9.66. The summed E-state index contributed by atoms with van der Waals surface area (Å²) in [6.07, 6.45) is 12.2. The van der Waals surface area contributed by atoms with Crippen molar-refractivity contribution in [1.82, 2.24) is 0 Å². The monoisotopic (exact) mass is 288 g/mol. The van der Waals surface area contributed by atoms with Crippen molar-refractivity contribution in [2.45, 2.75) is 89.6 Å².